The monoisotopic (exact) mass is 333 g/mol. The minimum Gasteiger partial charge on any atom is -0.350 e. The molecule has 0 heterocycles. The highest BCUT2D eigenvalue weighted by molar-refractivity contribution is 8.00. The lowest BCUT2D eigenvalue weighted by atomic mass is 10.1. The highest BCUT2D eigenvalue weighted by atomic mass is 35.5. The van der Waals surface area contributed by atoms with Crippen LogP contribution < -0.4 is 5.32 Å². The SMILES string of the molecule is CC(Sc1ccccc1)C(C)(Cl)C(=O)NCc1ccccc1. The summed E-state index contributed by atoms with van der Waals surface area (Å²) in [6, 6.07) is 19.8. The molecule has 0 radical (unpaired) electrons. The van der Waals surface area contributed by atoms with Crippen molar-refractivity contribution < 1.29 is 4.79 Å². The van der Waals surface area contributed by atoms with Crippen molar-refractivity contribution in [3.05, 3.63) is 66.2 Å². The Balaban J connectivity index is 1.94. The average Bonchev–Trinajstić information content (AvgIpc) is 2.54. The van der Waals surface area contributed by atoms with Crippen molar-refractivity contribution in [2.45, 2.75) is 35.4 Å². The molecule has 0 spiro atoms. The maximum absolute atomic E-state index is 12.4. The van der Waals surface area contributed by atoms with Crippen molar-refractivity contribution in [3.8, 4) is 0 Å². The summed E-state index contributed by atoms with van der Waals surface area (Å²) in [6.07, 6.45) is 0. The van der Waals surface area contributed by atoms with Crippen LogP contribution in [0.3, 0.4) is 0 Å². The summed E-state index contributed by atoms with van der Waals surface area (Å²) in [4.78, 5) is 12.6. The third-order valence-corrected chi connectivity index (χ3v) is 5.56. The van der Waals surface area contributed by atoms with E-state index in [2.05, 4.69) is 5.32 Å². The third kappa shape index (κ3) is 4.52. The second kappa shape index (κ2) is 7.70. The van der Waals surface area contributed by atoms with Crippen LogP contribution in [-0.2, 0) is 11.3 Å². The van der Waals surface area contributed by atoms with Gasteiger partial charge in [0.25, 0.3) is 0 Å². The number of rotatable bonds is 6. The second-order valence-corrected chi connectivity index (χ2v) is 7.52. The zero-order valence-corrected chi connectivity index (χ0v) is 14.3. The van der Waals surface area contributed by atoms with Crippen molar-refractivity contribution in [1.29, 1.82) is 0 Å². The molecule has 0 saturated heterocycles. The highest BCUT2D eigenvalue weighted by Gasteiger charge is 2.37. The summed E-state index contributed by atoms with van der Waals surface area (Å²) >= 11 is 8.13. The molecule has 2 unspecified atom stereocenters. The molecule has 0 fully saturated rings. The molecule has 4 heteroatoms. The molecule has 2 rings (SSSR count). The van der Waals surface area contributed by atoms with E-state index in [1.165, 1.54) is 0 Å². The number of amides is 1. The van der Waals surface area contributed by atoms with Gasteiger partial charge in [-0.1, -0.05) is 55.5 Å². The quantitative estimate of drug-likeness (QED) is 0.623. The molecule has 0 aliphatic heterocycles. The summed E-state index contributed by atoms with van der Waals surface area (Å²) in [5, 5.41) is 2.87. The number of carbonyl (C=O) groups is 1. The number of benzene rings is 2. The van der Waals surface area contributed by atoms with E-state index in [9.17, 15) is 4.79 Å². The van der Waals surface area contributed by atoms with E-state index in [0.717, 1.165) is 10.5 Å². The lowest BCUT2D eigenvalue weighted by Gasteiger charge is -2.27. The molecule has 22 heavy (non-hydrogen) atoms. The number of halogens is 1. The van der Waals surface area contributed by atoms with Crippen LogP contribution in [-0.4, -0.2) is 16.0 Å². The van der Waals surface area contributed by atoms with Crippen molar-refractivity contribution in [1.82, 2.24) is 5.32 Å². The van der Waals surface area contributed by atoms with E-state index in [0.29, 0.717) is 6.54 Å². The normalized spacial score (nSPS) is 14.9. The van der Waals surface area contributed by atoms with Gasteiger partial charge in [-0.15, -0.1) is 23.4 Å². The number of alkyl halides is 1. The van der Waals surface area contributed by atoms with Crippen LogP contribution in [0, 0.1) is 0 Å². The molecule has 2 nitrogen and oxygen atoms in total. The lowest BCUT2D eigenvalue weighted by Crippen LogP contribution is -2.45. The van der Waals surface area contributed by atoms with Crippen LogP contribution in [0.25, 0.3) is 0 Å². The van der Waals surface area contributed by atoms with Gasteiger partial charge in [0, 0.05) is 16.7 Å². The molecule has 1 N–H and O–H groups in total. The molecule has 0 saturated carbocycles. The first-order chi connectivity index (χ1) is 10.5. The first-order valence-electron chi connectivity index (χ1n) is 7.23. The summed E-state index contributed by atoms with van der Waals surface area (Å²) in [5.41, 5.74) is 1.06. The first kappa shape index (κ1) is 16.9. The zero-order valence-electron chi connectivity index (χ0n) is 12.8. The Bertz CT molecular complexity index is 601. The van der Waals surface area contributed by atoms with Gasteiger partial charge in [-0.05, 0) is 24.6 Å². The van der Waals surface area contributed by atoms with Gasteiger partial charge in [0.1, 0.15) is 4.87 Å². The van der Waals surface area contributed by atoms with Gasteiger partial charge in [-0.2, -0.15) is 0 Å². The summed E-state index contributed by atoms with van der Waals surface area (Å²) in [6.45, 7) is 4.24. The molecule has 116 valence electrons. The average molecular weight is 334 g/mol. The highest BCUT2D eigenvalue weighted by Crippen LogP contribution is 2.34. The summed E-state index contributed by atoms with van der Waals surface area (Å²) in [7, 11) is 0. The van der Waals surface area contributed by atoms with E-state index in [1.54, 1.807) is 18.7 Å². The lowest BCUT2D eigenvalue weighted by molar-refractivity contribution is -0.123. The third-order valence-electron chi connectivity index (χ3n) is 3.56. The van der Waals surface area contributed by atoms with Gasteiger partial charge in [-0.25, -0.2) is 0 Å². The molecule has 2 atom stereocenters. The number of nitrogens with one attached hydrogen (secondary N) is 1. The maximum atomic E-state index is 12.4. The molecular formula is C18H20ClNOS. The Morgan fingerprint density at radius 3 is 2.27 bits per heavy atom. The number of thioether (sulfide) groups is 1. The van der Waals surface area contributed by atoms with Crippen LogP contribution in [0.15, 0.2) is 65.6 Å². The minimum atomic E-state index is -0.963. The van der Waals surface area contributed by atoms with E-state index < -0.39 is 4.87 Å². The van der Waals surface area contributed by atoms with E-state index in [4.69, 9.17) is 11.6 Å². The fourth-order valence-corrected chi connectivity index (χ4v) is 3.20. The Hall–Kier alpha value is -1.45. The van der Waals surface area contributed by atoms with E-state index in [-0.39, 0.29) is 11.2 Å². The molecule has 0 aliphatic carbocycles. The molecule has 2 aromatic rings. The smallest absolute Gasteiger partial charge is 0.242 e. The van der Waals surface area contributed by atoms with Crippen molar-refractivity contribution in [2.75, 3.05) is 0 Å². The summed E-state index contributed by atoms with van der Waals surface area (Å²) < 4.78 is 0. The maximum Gasteiger partial charge on any atom is 0.242 e. The first-order valence-corrected chi connectivity index (χ1v) is 8.49. The van der Waals surface area contributed by atoms with Gasteiger partial charge in [-0.3, -0.25) is 4.79 Å². The standard InChI is InChI=1S/C18H20ClNOS/c1-14(22-16-11-7-4-8-12-16)18(2,19)17(21)20-13-15-9-5-3-6-10-15/h3-12,14H,13H2,1-2H3,(H,20,21). The Morgan fingerprint density at radius 1 is 1.14 bits per heavy atom. The largest absolute Gasteiger partial charge is 0.350 e. The second-order valence-electron chi connectivity index (χ2n) is 5.32. The molecule has 2 aromatic carbocycles. The molecule has 0 aliphatic rings. The van der Waals surface area contributed by atoms with Gasteiger partial charge in [0.2, 0.25) is 5.91 Å². The van der Waals surface area contributed by atoms with Gasteiger partial charge in [0.05, 0.1) is 0 Å². The van der Waals surface area contributed by atoms with Crippen LogP contribution in [0.4, 0.5) is 0 Å². The fourth-order valence-electron chi connectivity index (χ4n) is 1.95. The Kier molecular flexibility index (Phi) is 5.92. The topological polar surface area (TPSA) is 29.1 Å². The van der Waals surface area contributed by atoms with E-state index in [1.807, 2.05) is 67.6 Å². The number of carbonyl (C=O) groups excluding carboxylic acids is 1. The van der Waals surface area contributed by atoms with Crippen LogP contribution in [0.1, 0.15) is 19.4 Å². The minimum absolute atomic E-state index is 0.0488. The van der Waals surface area contributed by atoms with Gasteiger partial charge >= 0.3 is 0 Å². The van der Waals surface area contributed by atoms with Crippen LogP contribution in [0.2, 0.25) is 0 Å². The molecular weight excluding hydrogens is 314 g/mol. The summed E-state index contributed by atoms with van der Waals surface area (Å²) in [5.74, 6) is -0.144. The van der Waals surface area contributed by atoms with Gasteiger partial charge in [0.15, 0.2) is 0 Å². The van der Waals surface area contributed by atoms with Crippen molar-refractivity contribution in [3.63, 3.8) is 0 Å². The van der Waals surface area contributed by atoms with Crippen LogP contribution in [0.5, 0.6) is 0 Å². The van der Waals surface area contributed by atoms with Crippen LogP contribution >= 0.6 is 23.4 Å². The van der Waals surface area contributed by atoms with E-state index >= 15 is 0 Å². The molecule has 0 bridgehead atoms. The van der Waals surface area contributed by atoms with Crippen molar-refractivity contribution >= 4 is 29.3 Å². The number of hydrogen-bond acceptors (Lipinski definition) is 2. The fraction of sp³-hybridized carbons (Fsp3) is 0.278. The number of hydrogen-bond donors (Lipinski definition) is 1. The molecule has 1 amide bonds. The zero-order chi connectivity index (χ0) is 16.0. The van der Waals surface area contributed by atoms with Gasteiger partial charge < -0.3 is 5.32 Å². The Labute approximate surface area is 141 Å². The predicted molar refractivity (Wildman–Crippen MR) is 94.3 cm³/mol. The Morgan fingerprint density at radius 2 is 1.68 bits per heavy atom. The predicted octanol–water partition coefficient (Wildman–Crippen LogP) is 4.48. The molecule has 0 aromatic heterocycles. The van der Waals surface area contributed by atoms with Crippen molar-refractivity contribution in [2.24, 2.45) is 0 Å².